The zero-order chi connectivity index (χ0) is 13.0. The molecule has 88 valence electrons. The zero-order valence-corrected chi connectivity index (χ0v) is 9.59. The Hall–Kier alpha value is -2.10. The average molecular weight is 232 g/mol. The van der Waals surface area contributed by atoms with Crippen LogP contribution in [0.1, 0.15) is 24.2 Å². The monoisotopic (exact) mass is 232 g/mol. The molecule has 4 heteroatoms. The molecule has 1 aromatic carbocycles. The highest BCUT2D eigenvalue weighted by Crippen LogP contribution is 2.12. The summed E-state index contributed by atoms with van der Waals surface area (Å²) in [5.74, 6) is 0.694. The summed E-state index contributed by atoms with van der Waals surface area (Å²) in [5, 5.41) is 4.13. The second-order valence-electron chi connectivity index (χ2n) is 3.77. The number of benzene rings is 1. The number of methoxy groups -OCH3 is 1. The maximum atomic E-state index is 11.1. The van der Waals surface area contributed by atoms with Gasteiger partial charge in [-0.3, -0.25) is 9.48 Å². The third-order valence-corrected chi connectivity index (χ3v) is 2.47. The number of hydrogen-bond acceptors (Lipinski definition) is 3. The molecule has 0 aliphatic carbocycles. The van der Waals surface area contributed by atoms with Gasteiger partial charge in [-0.15, -0.1) is 0 Å². The highest BCUT2D eigenvalue weighted by Gasteiger charge is 2.03. The molecular formula is C13H14N2O2. The van der Waals surface area contributed by atoms with Crippen LogP contribution in [0.5, 0.6) is 5.75 Å². The molecule has 2 aromatic rings. The molecular weight excluding hydrogens is 216 g/mol. The molecule has 0 bridgehead atoms. The Morgan fingerprint density at radius 2 is 2.24 bits per heavy atom. The second-order valence-corrected chi connectivity index (χ2v) is 3.77. The molecule has 17 heavy (non-hydrogen) atoms. The van der Waals surface area contributed by atoms with Gasteiger partial charge in [0, 0.05) is 6.20 Å². The number of ketones is 1. The van der Waals surface area contributed by atoms with Crippen LogP contribution < -0.4 is 4.74 Å². The van der Waals surface area contributed by atoms with E-state index in [0.717, 1.165) is 5.56 Å². The molecule has 0 fully saturated rings. The standard InChI is InChI=1S/C13H14N2O2/c1-10(16)12-7-14-15(9-12)8-11-3-5-13(17-2)6-4-11/h3-7,9H,8H2,1-2H3/i2T. The Bertz CT molecular complexity index is 534. The summed E-state index contributed by atoms with van der Waals surface area (Å²) >= 11 is 0. The van der Waals surface area contributed by atoms with E-state index in [4.69, 9.17) is 6.11 Å². The fourth-order valence-corrected chi connectivity index (χ4v) is 1.51. The molecule has 0 radical (unpaired) electrons. The summed E-state index contributed by atoms with van der Waals surface area (Å²) in [6, 6.07) is 7.47. The molecule has 1 aromatic heterocycles. The van der Waals surface area contributed by atoms with Crippen molar-refractivity contribution in [2.24, 2.45) is 0 Å². The van der Waals surface area contributed by atoms with Crippen molar-refractivity contribution < 1.29 is 10.9 Å². The summed E-state index contributed by atoms with van der Waals surface area (Å²) in [5.41, 5.74) is 1.68. The average Bonchev–Trinajstić information content (AvgIpc) is 2.81. The summed E-state index contributed by atoms with van der Waals surface area (Å²) < 4.78 is 13.7. The maximum absolute atomic E-state index is 11.1. The van der Waals surface area contributed by atoms with E-state index in [1.807, 2.05) is 24.3 Å². The Morgan fingerprint density at radius 1 is 1.47 bits per heavy atom. The number of ether oxygens (including phenoxy) is 1. The first kappa shape index (κ1) is 10.1. The van der Waals surface area contributed by atoms with Gasteiger partial charge in [0.1, 0.15) is 5.75 Å². The molecule has 0 saturated carbocycles. The van der Waals surface area contributed by atoms with Crippen LogP contribution in [0.2, 0.25) is 0 Å². The van der Waals surface area contributed by atoms with E-state index >= 15 is 0 Å². The van der Waals surface area contributed by atoms with Gasteiger partial charge in [-0.25, -0.2) is 0 Å². The topological polar surface area (TPSA) is 44.1 Å². The molecule has 0 aliphatic rings. The highest BCUT2D eigenvalue weighted by atomic mass is 16.5. The first-order chi connectivity index (χ1) is 8.69. The molecule has 0 N–H and O–H groups in total. The van der Waals surface area contributed by atoms with Gasteiger partial charge in [0.15, 0.2) is 5.78 Å². The number of rotatable bonds is 4. The van der Waals surface area contributed by atoms with Gasteiger partial charge in [0.05, 0.1) is 26.8 Å². The maximum Gasteiger partial charge on any atom is 0.162 e. The van der Waals surface area contributed by atoms with Gasteiger partial charge >= 0.3 is 0 Å². The molecule has 2 rings (SSSR count). The molecule has 0 unspecified atom stereocenters. The molecule has 0 aliphatic heterocycles. The molecule has 0 atom stereocenters. The van der Waals surface area contributed by atoms with Crippen LogP contribution in [0, 0.1) is 0 Å². The number of nitrogens with zero attached hydrogens (tertiary/aromatic N) is 2. The number of carbonyl (C=O) groups excluding carboxylic acids is 1. The normalized spacial score (nSPS) is 11.0. The van der Waals surface area contributed by atoms with Gasteiger partial charge in [-0.2, -0.15) is 5.10 Å². The van der Waals surface area contributed by atoms with Crippen LogP contribution in [-0.2, 0) is 6.54 Å². The van der Waals surface area contributed by atoms with Gasteiger partial charge < -0.3 is 4.74 Å². The lowest BCUT2D eigenvalue weighted by Gasteiger charge is -2.03. The van der Waals surface area contributed by atoms with E-state index in [-0.39, 0.29) is 12.9 Å². The summed E-state index contributed by atoms with van der Waals surface area (Å²) in [7, 11) is -0.0829. The summed E-state index contributed by atoms with van der Waals surface area (Å²) in [6.45, 7) is 2.13. The van der Waals surface area contributed by atoms with Crippen LogP contribution in [0.4, 0.5) is 0 Å². The van der Waals surface area contributed by atoms with Gasteiger partial charge in [-0.1, -0.05) is 12.1 Å². The lowest BCUT2D eigenvalue weighted by Crippen LogP contribution is -2.00. The Kier molecular flexibility index (Phi) is 2.86. The van der Waals surface area contributed by atoms with Crippen molar-refractivity contribution >= 4 is 5.78 Å². The van der Waals surface area contributed by atoms with Crippen molar-refractivity contribution in [1.29, 1.82) is 0 Å². The minimum atomic E-state index is -0.0829. The third-order valence-electron chi connectivity index (χ3n) is 2.47. The minimum absolute atomic E-state index is 0.0143. The summed E-state index contributed by atoms with van der Waals surface area (Å²) in [4.78, 5) is 11.1. The van der Waals surface area contributed by atoms with E-state index in [1.54, 1.807) is 17.1 Å². The highest BCUT2D eigenvalue weighted by molar-refractivity contribution is 5.93. The summed E-state index contributed by atoms with van der Waals surface area (Å²) in [6.07, 6.45) is 3.30. The Labute approximate surface area is 101 Å². The van der Waals surface area contributed by atoms with Crippen LogP contribution in [-0.4, -0.2) is 22.6 Å². The zero-order valence-electron chi connectivity index (χ0n) is 10.6. The fraction of sp³-hybridized carbons (Fsp3) is 0.231. The SMILES string of the molecule is [3H]COc1ccc(Cn2cc(C(C)=O)cn2)cc1. The van der Waals surface area contributed by atoms with E-state index in [0.29, 0.717) is 17.9 Å². The molecule has 0 saturated heterocycles. The van der Waals surface area contributed by atoms with Crippen molar-refractivity contribution in [1.82, 2.24) is 9.78 Å². The van der Waals surface area contributed by atoms with Crippen LogP contribution in [0.15, 0.2) is 36.7 Å². The third kappa shape index (κ3) is 2.72. The number of aromatic nitrogens is 2. The molecule has 4 nitrogen and oxygen atoms in total. The molecule has 0 amide bonds. The predicted molar refractivity (Wildman–Crippen MR) is 64.3 cm³/mol. The van der Waals surface area contributed by atoms with Crippen molar-refractivity contribution in [3.05, 3.63) is 47.8 Å². The van der Waals surface area contributed by atoms with E-state index in [1.165, 1.54) is 6.92 Å². The second kappa shape index (κ2) is 4.82. The van der Waals surface area contributed by atoms with E-state index < -0.39 is 0 Å². The number of Topliss-reactive ketones (excluding diaryl/α,β-unsaturated/α-hetero) is 1. The molecule has 1 heterocycles. The first-order valence-corrected chi connectivity index (χ1v) is 5.23. The smallest absolute Gasteiger partial charge is 0.162 e. The quantitative estimate of drug-likeness (QED) is 0.758. The molecule has 0 spiro atoms. The van der Waals surface area contributed by atoms with Crippen molar-refractivity contribution in [2.75, 3.05) is 7.09 Å². The van der Waals surface area contributed by atoms with Gasteiger partial charge in [0.25, 0.3) is 0 Å². The van der Waals surface area contributed by atoms with Crippen molar-refractivity contribution in [2.45, 2.75) is 13.5 Å². The van der Waals surface area contributed by atoms with Gasteiger partial charge in [0.2, 0.25) is 0 Å². The lowest BCUT2D eigenvalue weighted by molar-refractivity contribution is 0.101. The van der Waals surface area contributed by atoms with E-state index in [2.05, 4.69) is 5.10 Å². The minimum Gasteiger partial charge on any atom is -0.497 e. The number of carbonyl (C=O) groups is 1. The van der Waals surface area contributed by atoms with Crippen molar-refractivity contribution in [3.63, 3.8) is 0 Å². The van der Waals surface area contributed by atoms with Crippen LogP contribution in [0.3, 0.4) is 0 Å². The van der Waals surface area contributed by atoms with Gasteiger partial charge in [-0.05, 0) is 24.6 Å². The Morgan fingerprint density at radius 3 is 2.82 bits per heavy atom. The Balaban J connectivity index is 2.06. The van der Waals surface area contributed by atoms with Crippen LogP contribution >= 0.6 is 0 Å². The first-order valence-electron chi connectivity index (χ1n) is 5.94. The fourth-order valence-electron chi connectivity index (χ4n) is 1.51. The van der Waals surface area contributed by atoms with Crippen LogP contribution in [0.25, 0.3) is 0 Å². The number of hydrogen-bond donors (Lipinski definition) is 0. The lowest BCUT2D eigenvalue weighted by atomic mass is 10.2. The van der Waals surface area contributed by atoms with E-state index in [9.17, 15) is 4.79 Å². The van der Waals surface area contributed by atoms with Crippen molar-refractivity contribution in [3.8, 4) is 5.75 Å². The predicted octanol–water partition coefficient (Wildman–Crippen LogP) is 2.14. The largest absolute Gasteiger partial charge is 0.497 e.